The van der Waals surface area contributed by atoms with E-state index in [0.29, 0.717) is 18.2 Å². The Labute approximate surface area is 164 Å². The van der Waals surface area contributed by atoms with E-state index in [4.69, 9.17) is 5.73 Å². The highest BCUT2D eigenvalue weighted by molar-refractivity contribution is 5.92. The molecular weight excluding hydrogens is 352 g/mol. The van der Waals surface area contributed by atoms with Crippen LogP contribution in [0, 0.1) is 13.8 Å². The number of aromatic nitrogens is 2. The average Bonchev–Trinajstić information content (AvgIpc) is 3.12. The lowest BCUT2D eigenvalue weighted by Gasteiger charge is -2.09. The fourth-order valence-electron chi connectivity index (χ4n) is 2.90. The quantitative estimate of drug-likeness (QED) is 0.455. The van der Waals surface area contributed by atoms with Crippen LogP contribution in [0.25, 0.3) is 0 Å². The van der Waals surface area contributed by atoms with Crippen LogP contribution in [0.2, 0.25) is 0 Å². The first-order valence-electron chi connectivity index (χ1n) is 8.99. The van der Waals surface area contributed by atoms with E-state index in [1.54, 1.807) is 23.1 Å². The Morgan fingerprint density at radius 3 is 2.57 bits per heavy atom. The van der Waals surface area contributed by atoms with Crippen molar-refractivity contribution in [3.8, 4) is 0 Å². The van der Waals surface area contributed by atoms with E-state index < -0.39 is 0 Å². The van der Waals surface area contributed by atoms with Gasteiger partial charge in [-0.25, -0.2) is 4.99 Å². The van der Waals surface area contributed by atoms with Crippen molar-refractivity contribution in [3.05, 3.63) is 77.6 Å². The monoisotopic (exact) mass is 376 g/mol. The van der Waals surface area contributed by atoms with Crippen molar-refractivity contribution < 1.29 is 4.79 Å². The first kappa shape index (κ1) is 19.2. The Bertz CT molecular complexity index is 958. The number of hydrogen-bond acceptors (Lipinski definition) is 3. The van der Waals surface area contributed by atoms with Gasteiger partial charge in [-0.2, -0.15) is 5.10 Å². The van der Waals surface area contributed by atoms with Crippen molar-refractivity contribution in [1.82, 2.24) is 9.78 Å². The molecule has 1 heterocycles. The molecule has 0 aliphatic rings. The molecule has 0 bridgehead atoms. The lowest BCUT2D eigenvalue weighted by molar-refractivity contribution is -0.116. The number of anilines is 2. The lowest BCUT2D eigenvalue weighted by atomic mass is 10.1. The number of nitrogens with two attached hydrogens (primary N) is 1. The summed E-state index contributed by atoms with van der Waals surface area (Å²) >= 11 is 0. The van der Waals surface area contributed by atoms with Crippen LogP contribution < -0.4 is 16.4 Å². The summed E-state index contributed by atoms with van der Waals surface area (Å²) in [5, 5.41) is 10.0. The van der Waals surface area contributed by atoms with Crippen molar-refractivity contribution in [3.63, 3.8) is 0 Å². The molecule has 7 heteroatoms. The predicted molar refractivity (Wildman–Crippen MR) is 112 cm³/mol. The molecule has 0 unspecified atom stereocenters. The molecule has 0 radical (unpaired) electrons. The van der Waals surface area contributed by atoms with Gasteiger partial charge in [-0.1, -0.05) is 18.2 Å². The zero-order valence-corrected chi connectivity index (χ0v) is 16.0. The van der Waals surface area contributed by atoms with Crippen LogP contribution >= 0.6 is 0 Å². The molecule has 2 aromatic carbocycles. The van der Waals surface area contributed by atoms with Gasteiger partial charge in [0.05, 0.1) is 6.54 Å². The maximum atomic E-state index is 12.1. The molecule has 0 aliphatic heterocycles. The number of aryl methyl sites for hydroxylation is 2. The summed E-state index contributed by atoms with van der Waals surface area (Å²) in [5.74, 6) is 0.207. The van der Waals surface area contributed by atoms with E-state index >= 15 is 0 Å². The number of nitrogens with zero attached hydrogens (tertiary/aromatic N) is 3. The number of benzene rings is 2. The minimum Gasteiger partial charge on any atom is -0.370 e. The molecule has 3 aromatic rings. The van der Waals surface area contributed by atoms with E-state index in [2.05, 4.69) is 26.8 Å². The first-order valence-corrected chi connectivity index (χ1v) is 8.99. The van der Waals surface area contributed by atoms with Crippen LogP contribution in [-0.4, -0.2) is 21.6 Å². The van der Waals surface area contributed by atoms with Crippen LogP contribution in [0.15, 0.2) is 65.9 Å². The number of rotatable bonds is 6. The summed E-state index contributed by atoms with van der Waals surface area (Å²) in [5.41, 5.74) is 10.9. The molecule has 1 amide bonds. The van der Waals surface area contributed by atoms with Crippen molar-refractivity contribution in [1.29, 1.82) is 0 Å². The highest BCUT2D eigenvalue weighted by atomic mass is 16.2. The summed E-state index contributed by atoms with van der Waals surface area (Å²) in [7, 11) is 0. The second-order valence-electron chi connectivity index (χ2n) is 6.66. The number of aliphatic imine (C=N–C) groups is 1. The summed E-state index contributed by atoms with van der Waals surface area (Å²) < 4.78 is 1.57. The van der Waals surface area contributed by atoms with Gasteiger partial charge in [-0.05, 0) is 60.9 Å². The van der Waals surface area contributed by atoms with Crippen LogP contribution in [0.1, 0.15) is 16.7 Å². The third-order valence-electron chi connectivity index (χ3n) is 4.00. The molecule has 0 saturated heterocycles. The molecule has 0 fully saturated rings. The Balaban J connectivity index is 1.58. The highest BCUT2D eigenvalue weighted by Crippen LogP contribution is 2.14. The molecule has 144 valence electrons. The van der Waals surface area contributed by atoms with Gasteiger partial charge in [0.2, 0.25) is 5.91 Å². The SMILES string of the molecule is Cc1cc(C)cc(NC(N)=NCc2cccc(NC(=O)Cn3cccn3)c2)c1. The van der Waals surface area contributed by atoms with Crippen LogP contribution in [0.4, 0.5) is 11.4 Å². The molecular formula is C21H24N6O. The number of carbonyl (C=O) groups excluding carboxylic acids is 1. The maximum Gasteiger partial charge on any atom is 0.246 e. The van der Waals surface area contributed by atoms with E-state index in [0.717, 1.165) is 22.4 Å². The zero-order chi connectivity index (χ0) is 19.9. The van der Waals surface area contributed by atoms with Gasteiger partial charge in [-0.15, -0.1) is 0 Å². The molecule has 0 aliphatic carbocycles. The molecule has 28 heavy (non-hydrogen) atoms. The van der Waals surface area contributed by atoms with Crippen molar-refractivity contribution in [2.45, 2.75) is 26.9 Å². The smallest absolute Gasteiger partial charge is 0.246 e. The van der Waals surface area contributed by atoms with Gasteiger partial charge in [-0.3, -0.25) is 9.48 Å². The summed E-state index contributed by atoms with van der Waals surface area (Å²) in [6.07, 6.45) is 3.39. The Hall–Kier alpha value is -3.61. The molecule has 0 spiro atoms. The van der Waals surface area contributed by atoms with Crippen molar-refractivity contribution in [2.24, 2.45) is 10.7 Å². The minimum atomic E-state index is -0.139. The predicted octanol–water partition coefficient (Wildman–Crippen LogP) is 3.07. The Morgan fingerprint density at radius 2 is 1.86 bits per heavy atom. The van der Waals surface area contributed by atoms with Gasteiger partial charge >= 0.3 is 0 Å². The summed E-state index contributed by atoms with van der Waals surface area (Å²) in [6, 6.07) is 15.5. The topological polar surface area (TPSA) is 97.3 Å². The zero-order valence-electron chi connectivity index (χ0n) is 16.0. The van der Waals surface area contributed by atoms with Crippen LogP contribution in [-0.2, 0) is 17.9 Å². The average molecular weight is 376 g/mol. The van der Waals surface area contributed by atoms with E-state index in [1.165, 1.54) is 0 Å². The van der Waals surface area contributed by atoms with E-state index in [1.807, 2.05) is 50.2 Å². The number of hydrogen-bond donors (Lipinski definition) is 3. The standard InChI is InChI=1S/C21H24N6O/c1-15-9-16(2)11-19(10-15)26-21(22)23-13-17-5-3-6-18(12-17)25-20(28)14-27-8-4-7-24-27/h3-12H,13-14H2,1-2H3,(H,25,28)(H3,22,23,26). The fraction of sp³-hybridized carbons (Fsp3) is 0.190. The normalized spacial score (nSPS) is 11.3. The van der Waals surface area contributed by atoms with E-state index in [9.17, 15) is 4.79 Å². The number of amides is 1. The second kappa shape index (κ2) is 8.85. The van der Waals surface area contributed by atoms with Crippen molar-refractivity contribution >= 4 is 23.2 Å². The van der Waals surface area contributed by atoms with Gasteiger partial charge < -0.3 is 16.4 Å². The molecule has 0 atom stereocenters. The largest absolute Gasteiger partial charge is 0.370 e. The second-order valence-corrected chi connectivity index (χ2v) is 6.66. The van der Waals surface area contributed by atoms with E-state index in [-0.39, 0.29) is 12.5 Å². The molecule has 1 aromatic heterocycles. The first-order chi connectivity index (χ1) is 13.5. The summed E-state index contributed by atoms with van der Waals surface area (Å²) in [6.45, 7) is 4.66. The number of nitrogens with one attached hydrogen (secondary N) is 2. The number of guanidine groups is 1. The van der Waals surface area contributed by atoms with Gasteiger partial charge in [0, 0.05) is 23.8 Å². The third kappa shape index (κ3) is 5.70. The summed E-state index contributed by atoms with van der Waals surface area (Å²) in [4.78, 5) is 16.5. The number of carbonyl (C=O) groups is 1. The highest BCUT2D eigenvalue weighted by Gasteiger charge is 2.04. The van der Waals surface area contributed by atoms with Crippen LogP contribution in [0.3, 0.4) is 0 Å². The molecule has 3 rings (SSSR count). The maximum absolute atomic E-state index is 12.1. The molecule has 4 N–H and O–H groups in total. The minimum absolute atomic E-state index is 0.139. The molecule has 7 nitrogen and oxygen atoms in total. The van der Waals surface area contributed by atoms with Gasteiger partial charge in [0.1, 0.15) is 6.54 Å². The van der Waals surface area contributed by atoms with Gasteiger partial charge in [0.15, 0.2) is 5.96 Å². The van der Waals surface area contributed by atoms with Crippen molar-refractivity contribution in [2.75, 3.05) is 10.6 Å². The van der Waals surface area contributed by atoms with Crippen LogP contribution in [0.5, 0.6) is 0 Å². The Morgan fingerprint density at radius 1 is 1.07 bits per heavy atom. The van der Waals surface area contributed by atoms with Gasteiger partial charge in [0.25, 0.3) is 0 Å². The lowest BCUT2D eigenvalue weighted by Crippen LogP contribution is -2.22. The fourth-order valence-corrected chi connectivity index (χ4v) is 2.90. The molecule has 0 saturated carbocycles. The third-order valence-corrected chi connectivity index (χ3v) is 4.00. The Kier molecular flexibility index (Phi) is 6.06.